The first-order chi connectivity index (χ1) is 15.4. The third-order valence-corrected chi connectivity index (χ3v) is 4.34. The van der Waals surface area contributed by atoms with Crippen molar-refractivity contribution in [1.82, 2.24) is 4.98 Å². The van der Waals surface area contributed by atoms with Crippen LogP contribution in [0.4, 0.5) is 8.78 Å². The van der Waals surface area contributed by atoms with Crippen LogP contribution in [0, 0.1) is 11.6 Å². The van der Waals surface area contributed by atoms with Gasteiger partial charge in [0.1, 0.15) is 24.6 Å². The van der Waals surface area contributed by atoms with Crippen LogP contribution in [0.5, 0.6) is 11.5 Å². The van der Waals surface area contributed by atoms with Gasteiger partial charge in [0.05, 0.1) is 14.2 Å². The number of carbonyl (C=O) groups is 2. The highest BCUT2D eigenvalue weighted by Gasteiger charge is 2.16. The molecule has 0 N–H and O–H groups in total. The maximum Gasteiger partial charge on any atom is 0.357 e. The third-order valence-electron chi connectivity index (χ3n) is 4.34. The summed E-state index contributed by atoms with van der Waals surface area (Å²) in [4.78, 5) is 28.5. The fraction of sp³-hybridized carbons (Fsp3) is 0.174. The molecule has 0 bridgehead atoms. The number of pyridine rings is 1. The van der Waals surface area contributed by atoms with E-state index in [0.29, 0.717) is 11.1 Å². The van der Waals surface area contributed by atoms with Crippen molar-refractivity contribution in [1.29, 1.82) is 0 Å². The molecule has 0 radical (unpaired) electrons. The molecule has 32 heavy (non-hydrogen) atoms. The molecule has 9 heteroatoms. The Morgan fingerprint density at radius 2 is 1.19 bits per heavy atom. The third kappa shape index (κ3) is 5.57. The molecule has 1 heterocycles. The van der Waals surface area contributed by atoms with E-state index in [1.165, 1.54) is 56.7 Å². The molecule has 0 atom stereocenters. The molecule has 3 rings (SSSR count). The number of benzene rings is 2. The van der Waals surface area contributed by atoms with E-state index < -0.39 is 23.6 Å². The number of rotatable bonds is 8. The number of aromatic nitrogens is 1. The molecular weight excluding hydrogens is 424 g/mol. The minimum atomic E-state index is -0.798. The van der Waals surface area contributed by atoms with Gasteiger partial charge in [-0.05, 0) is 47.5 Å². The van der Waals surface area contributed by atoms with Crippen molar-refractivity contribution >= 4 is 11.9 Å². The summed E-state index contributed by atoms with van der Waals surface area (Å²) >= 11 is 0. The second-order valence-corrected chi connectivity index (χ2v) is 6.50. The number of hydrogen-bond donors (Lipinski definition) is 0. The molecule has 0 fully saturated rings. The molecule has 0 unspecified atom stereocenters. The van der Waals surface area contributed by atoms with Crippen LogP contribution in [0.25, 0.3) is 0 Å². The highest BCUT2D eigenvalue weighted by molar-refractivity contribution is 5.91. The molecule has 3 aromatic rings. The summed E-state index contributed by atoms with van der Waals surface area (Å²) in [6, 6.07) is 12.5. The summed E-state index contributed by atoms with van der Waals surface area (Å²) in [7, 11) is 2.69. The van der Waals surface area contributed by atoms with Crippen LogP contribution in [0.1, 0.15) is 32.1 Å². The molecule has 7 nitrogen and oxygen atoms in total. The predicted molar refractivity (Wildman–Crippen MR) is 108 cm³/mol. The standard InChI is InChI=1S/C23H19F2NO6/c1-29-20-8-6-14(10-16(20)24)12-31-22(27)18-4-3-5-19(26-18)23(28)32-13-15-7-9-21(30-2)17(25)11-15/h3-11H,12-13H2,1-2H3. The van der Waals surface area contributed by atoms with Gasteiger partial charge in [0.2, 0.25) is 0 Å². The first-order valence-corrected chi connectivity index (χ1v) is 9.37. The molecule has 0 aliphatic heterocycles. The van der Waals surface area contributed by atoms with Gasteiger partial charge in [0.25, 0.3) is 0 Å². The van der Waals surface area contributed by atoms with Crippen molar-refractivity contribution in [3.05, 3.63) is 88.7 Å². The van der Waals surface area contributed by atoms with Gasteiger partial charge in [0, 0.05) is 0 Å². The molecule has 0 aliphatic carbocycles. The fourth-order valence-corrected chi connectivity index (χ4v) is 2.71. The average Bonchev–Trinajstić information content (AvgIpc) is 2.81. The number of hydrogen-bond acceptors (Lipinski definition) is 7. The second-order valence-electron chi connectivity index (χ2n) is 6.50. The minimum Gasteiger partial charge on any atom is -0.494 e. The Hall–Kier alpha value is -4.01. The van der Waals surface area contributed by atoms with Crippen molar-refractivity contribution in [2.24, 2.45) is 0 Å². The van der Waals surface area contributed by atoms with Crippen molar-refractivity contribution in [2.45, 2.75) is 13.2 Å². The Morgan fingerprint density at radius 1 is 0.750 bits per heavy atom. The summed E-state index contributed by atoms with van der Waals surface area (Å²) in [5.74, 6) is -2.61. The Kier molecular flexibility index (Phi) is 7.33. The van der Waals surface area contributed by atoms with Crippen molar-refractivity contribution < 1.29 is 37.3 Å². The Bertz CT molecular complexity index is 1050. The van der Waals surface area contributed by atoms with Crippen LogP contribution in [-0.2, 0) is 22.7 Å². The van der Waals surface area contributed by atoms with E-state index in [0.717, 1.165) is 0 Å². The van der Waals surface area contributed by atoms with Gasteiger partial charge in [-0.2, -0.15) is 0 Å². The summed E-state index contributed by atoms with van der Waals surface area (Å²) in [5, 5.41) is 0. The largest absolute Gasteiger partial charge is 0.494 e. The SMILES string of the molecule is COc1ccc(COC(=O)c2cccc(C(=O)OCc3ccc(OC)c(F)c3)n2)cc1F. The molecule has 0 spiro atoms. The van der Waals surface area contributed by atoms with Crippen LogP contribution < -0.4 is 9.47 Å². The lowest BCUT2D eigenvalue weighted by Crippen LogP contribution is -2.13. The highest BCUT2D eigenvalue weighted by Crippen LogP contribution is 2.19. The van der Waals surface area contributed by atoms with Crippen LogP contribution in [0.15, 0.2) is 54.6 Å². The molecule has 0 amide bonds. The van der Waals surface area contributed by atoms with Crippen molar-refractivity contribution in [3.63, 3.8) is 0 Å². The second kappa shape index (κ2) is 10.3. The van der Waals surface area contributed by atoms with Crippen LogP contribution in [-0.4, -0.2) is 31.1 Å². The topological polar surface area (TPSA) is 84.0 Å². The molecule has 0 saturated heterocycles. The first-order valence-electron chi connectivity index (χ1n) is 9.37. The quantitative estimate of drug-likeness (QED) is 0.485. The average molecular weight is 443 g/mol. The number of carbonyl (C=O) groups excluding carboxylic acids is 2. The van der Waals surface area contributed by atoms with Crippen LogP contribution in [0.3, 0.4) is 0 Å². The van der Waals surface area contributed by atoms with Gasteiger partial charge in [-0.1, -0.05) is 18.2 Å². The predicted octanol–water partition coefficient (Wildman–Crippen LogP) is 4.09. The number of nitrogens with zero attached hydrogens (tertiary/aromatic N) is 1. The van der Waals surface area contributed by atoms with Gasteiger partial charge in [-0.3, -0.25) is 0 Å². The van der Waals surface area contributed by atoms with Gasteiger partial charge < -0.3 is 18.9 Å². The van der Waals surface area contributed by atoms with Crippen LogP contribution >= 0.6 is 0 Å². The Morgan fingerprint density at radius 3 is 1.56 bits per heavy atom. The molecule has 1 aromatic heterocycles. The molecule has 166 valence electrons. The van der Waals surface area contributed by atoms with E-state index >= 15 is 0 Å². The zero-order valence-corrected chi connectivity index (χ0v) is 17.3. The van der Waals surface area contributed by atoms with Crippen molar-refractivity contribution in [2.75, 3.05) is 14.2 Å². The lowest BCUT2D eigenvalue weighted by atomic mass is 10.2. The van der Waals surface area contributed by atoms with Gasteiger partial charge >= 0.3 is 11.9 Å². The fourth-order valence-electron chi connectivity index (χ4n) is 2.71. The summed E-state index contributed by atoms with van der Waals surface area (Å²) < 4.78 is 47.4. The normalized spacial score (nSPS) is 10.4. The lowest BCUT2D eigenvalue weighted by molar-refractivity contribution is 0.0456. The number of esters is 2. The maximum absolute atomic E-state index is 13.7. The van der Waals surface area contributed by atoms with E-state index in [9.17, 15) is 18.4 Å². The summed E-state index contributed by atoms with van der Waals surface area (Å²) in [6.45, 7) is -0.391. The molecule has 0 saturated carbocycles. The molecular formula is C23H19F2NO6. The highest BCUT2D eigenvalue weighted by atomic mass is 19.1. The number of halogens is 2. The molecule has 0 aliphatic rings. The van der Waals surface area contributed by atoms with Crippen LogP contribution in [0.2, 0.25) is 0 Å². The summed E-state index contributed by atoms with van der Waals surface area (Å²) in [6.07, 6.45) is 0. The van der Waals surface area contributed by atoms with Gasteiger partial charge in [-0.15, -0.1) is 0 Å². The summed E-state index contributed by atoms with van der Waals surface area (Å²) in [5.41, 5.74) is 0.589. The van der Waals surface area contributed by atoms with Crippen molar-refractivity contribution in [3.8, 4) is 11.5 Å². The lowest BCUT2D eigenvalue weighted by Gasteiger charge is -2.08. The van der Waals surface area contributed by atoms with E-state index in [4.69, 9.17) is 18.9 Å². The number of ether oxygens (including phenoxy) is 4. The van der Waals surface area contributed by atoms with E-state index in [2.05, 4.69) is 4.98 Å². The smallest absolute Gasteiger partial charge is 0.357 e. The zero-order valence-electron chi connectivity index (χ0n) is 17.3. The zero-order chi connectivity index (χ0) is 23.1. The van der Waals surface area contributed by atoms with E-state index in [-0.39, 0.29) is 36.1 Å². The monoisotopic (exact) mass is 443 g/mol. The van der Waals surface area contributed by atoms with E-state index in [1.807, 2.05) is 0 Å². The van der Waals surface area contributed by atoms with Gasteiger partial charge in [-0.25, -0.2) is 23.4 Å². The maximum atomic E-state index is 13.7. The minimum absolute atomic E-state index is 0.0744. The van der Waals surface area contributed by atoms with Gasteiger partial charge in [0.15, 0.2) is 23.1 Å². The first kappa shape index (κ1) is 22.7. The van der Waals surface area contributed by atoms with E-state index in [1.54, 1.807) is 12.1 Å². The molecule has 2 aromatic carbocycles. The Labute approximate surface area is 182 Å². The Balaban J connectivity index is 1.60. The number of methoxy groups -OCH3 is 2.